The summed E-state index contributed by atoms with van der Waals surface area (Å²) >= 11 is 0. The molecule has 2 rings (SSSR count). The van der Waals surface area contributed by atoms with E-state index < -0.39 is 0 Å². The van der Waals surface area contributed by atoms with Crippen molar-refractivity contribution in [2.45, 2.75) is 78.3 Å². The molecule has 1 N–H and O–H groups in total. The summed E-state index contributed by atoms with van der Waals surface area (Å²) in [5, 5.41) is 8.08. The van der Waals surface area contributed by atoms with Crippen LogP contribution in [0.3, 0.4) is 0 Å². The van der Waals surface area contributed by atoms with E-state index in [9.17, 15) is 0 Å². The van der Waals surface area contributed by atoms with Crippen LogP contribution in [0, 0.1) is 11.8 Å². The molecule has 1 heterocycles. The second kappa shape index (κ2) is 8.52. The number of aryl methyl sites for hydroxylation is 1. The number of likely N-dealkylation sites (N-methyl/N-ethyl adjacent to an activating group) is 1. The lowest BCUT2D eigenvalue weighted by atomic mass is 9.77. The molecule has 0 saturated heterocycles. The molecule has 0 amide bonds. The van der Waals surface area contributed by atoms with Gasteiger partial charge in [-0.25, -0.2) is 4.98 Å². The maximum absolute atomic E-state index is 4.49. The third-order valence-electron chi connectivity index (χ3n) is 5.04. The first-order valence-electron chi connectivity index (χ1n) is 8.88. The summed E-state index contributed by atoms with van der Waals surface area (Å²) in [5.41, 5.74) is 0. The molecular weight excluding hydrogens is 260 g/mol. The van der Waals surface area contributed by atoms with Crippen molar-refractivity contribution in [2.75, 3.05) is 6.54 Å². The molecule has 0 aromatic carbocycles. The smallest absolute Gasteiger partial charge is 0.138 e. The van der Waals surface area contributed by atoms with Gasteiger partial charge in [-0.15, -0.1) is 0 Å². The Labute approximate surface area is 129 Å². The monoisotopic (exact) mass is 292 g/mol. The van der Waals surface area contributed by atoms with Crippen LogP contribution in [0.2, 0.25) is 0 Å². The van der Waals surface area contributed by atoms with Gasteiger partial charge in [0.2, 0.25) is 0 Å². The van der Waals surface area contributed by atoms with Gasteiger partial charge < -0.3 is 5.32 Å². The molecule has 120 valence electrons. The van der Waals surface area contributed by atoms with Crippen LogP contribution < -0.4 is 5.32 Å². The Morgan fingerprint density at radius 3 is 2.62 bits per heavy atom. The van der Waals surface area contributed by atoms with Crippen molar-refractivity contribution in [1.82, 2.24) is 20.1 Å². The molecule has 1 fully saturated rings. The second-order valence-corrected chi connectivity index (χ2v) is 6.46. The van der Waals surface area contributed by atoms with Gasteiger partial charge >= 0.3 is 0 Å². The van der Waals surface area contributed by atoms with Gasteiger partial charge in [-0.1, -0.05) is 40.0 Å². The minimum absolute atomic E-state index is 0.563. The number of hydrogen-bond donors (Lipinski definition) is 1. The van der Waals surface area contributed by atoms with Gasteiger partial charge in [-0.05, 0) is 37.6 Å². The van der Waals surface area contributed by atoms with Gasteiger partial charge in [0.25, 0.3) is 0 Å². The molecule has 1 aliphatic carbocycles. The van der Waals surface area contributed by atoms with Crippen LogP contribution in [-0.2, 0) is 13.0 Å². The lowest BCUT2D eigenvalue weighted by molar-refractivity contribution is 0.215. The van der Waals surface area contributed by atoms with Crippen LogP contribution in [0.25, 0.3) is 0 Å². The van der Waals surface area contributed by atoms with E-state index in [1.54, 1.807) is 6.33 Å². The molecule has 1 unspecified atom stereocenters. The molecule has 21 heavy (non-hydrogen) atoms. The highest BCUT2D eigenvalue weighted by atomic mass is 15.3. The maximum atomic E-state index is 4.49. The van der Waals surface area contributed by atoms with Crippen LogP contribution in [0.1, 0.15) is 65.1 Å². The van der Waals surface area contributed by atoms with Crippen molar-refractivity contribution in [3.05, 3.63) is 12.2 Å². The fourth-order valence-corrected chi connectivity index (χ4v) is 3.71. The average Bonchev–Trinajstić information content (AvgIpc) is 2.94. The van der Waals surface area contributed by atoms with Crippen molar-refractivity contribution in [1.29, 1.82) is 0 Å². The highest BCUT2D eigenvalue weighted by molar-refractivity contribution is 4.93. The minimum Gasteiger partial charge on any atom is -0.314 e. The second-order valence-electron chi connectivity index (χ2n) is 6.46. The molecule has 1 aliphatic rings. The van der Waals surface area contributed by atoms with Crippen molar-refractivity contribution in [2.24, 2.45) is 11.8 Å². The minimum atomic E-state index is 0.563. The van der Waals surface area contributed by atoms with Crippen molar-refractivity contribution in [3.8, 4) is 0 Å². The summed E-state index contributed by atoms with van der Waals surface area (Å²) in [6, 6.07) is 0.563. The van der Waals surface area contributed by atoms with Crippen LogP contribution in [-0.4, -0.2) is 27.4 Å². The molecule has 0 bridgehead atoms. The summed E-state index contributed by atoms with van der Waals surface area (Å²) in [5.74, 6) is 2.92. The molecule has 1 aromatic rings. The quantitative estimate of drug-likeness (QED) is 0.798. The average molecular weight is 292 g/mol. The van der Waals surface area contributed by atoms with Crippen molar-refractivity contribution < 1.29 is 0 Å². The number of aromatic nitrogens is 3. The van der Waals surface area contributed by atoms with E-state index in [0.717, 1.165) is 43.6 Å². The van der Waals surface area contributed by atoms with Crippen molar-refractivity contribution in [3.63, 3.8) is 0 Å². The van der Waals surface area contributed by atoms with E-state index in [-0.39, 0.29) is 0 Å². The van der Waals surface area contributed by atoms with Gasteiger partial charge in [-0.2, -0.15) is 5.10 Å². The lowest BCUT2D eigenvalue weighted by Gasteiger charge is -2.34. The molecule has 1 aromatic heterocycles. The number of nitrogens with zero attached hydrogens (tertiary/aromatic N) is 3. The molecule has 0 spiro atoms. The van der Waals surface area contributed by atoms with E-state index in [1.165, 1.54) is 32.1 Å². The SMILES string of the molecule is CCCn1ncnc1CC(NCC)C1CCC(CC)CC1. The topological polar surface area (TPSA) is 42.7 Å². The van der Waals surface area contributed by atoms with E-state index in [1.807, 2.05) is 0 Å². The zero-order valence-corrected chi connectivity index (χ0v) is 14.0. The first-order valence-corrected chi connectivity index (χ1v) is 8.88. The largest absolute Gasteiger partial charge is 0.314 e. The molecule has 4 heteroatoms. The summed E-state index contributed by atoms with van der Waals surface area (Å²) < 4.78 is 2.09. The standard InChI is InChI=1S/C17H32N4/c1-4-11-21-17(19-13-20-21)12-16(18-6-3)15-9-7-14(5-2)8-10-15/h13-16,18H,4-12H2,1-3H3. The zero-order chi connectivity index (χ0) is 15.1. The first kappa shape index (κ1) is 16.5. The van der Waals surface area contributed by atoms with Crippen LogP contribution >= 0.6 is 0 Å². The predicted molar refractivity (Wildman–Crippen MR) is 87.2 cm³/mol. The van der Waals surface area contributed by atoms with Gasteiger partial charge in [0, 0.05) is 19.0 Å². The number of nitrogens with one attached hydrogen (secondary N) is 1. The van der Waals surface area contributed by atoms with Gasteiger partial charge in [0.1, 0.15) is 12.2 Å². The first-order chi connectivity index (χ1) is 10.3. The zero-order valence-electron chi connectivity index (χ0n) is 14.0. The molecule has 1 saturated carbocycles. The fourth-order valence-electron chi connectivity index (χ4n) is 3.71. The summed E-state index contributed by atoms with van der Waals surface area (Å²) in [7, 11) is 0. The highest BCUT2D eigenvalue weighted by Crippen LogP contribution is 2.33. The fraction of sp³-hybridized carbons (Fsp3) is 0.882. The van der Waals surface area contributed by atoms with E-state index >= 15 is 0 Å². The Morgan fingerprint density at radius 1 is 1.24 bits per heavy atom. The van der Waals surface area contributed by atoms with E-state index in [0.29, 0.717) is 6.04 Å². The van der Waals surface area contributed by atoms with Gasteiger partial charge in [-0.3, -0.25) is 4.68 Å². The Bertz CT molecular complexity index is 393. The van der Waals surface area contributed by atoms with Crippen LogP contribution in [0.5, 0.6) is 0 Å². The number of hydrogen-bond acceptors (Lipinski definition) is 3. The third kappa shape index (κ3) is 4.53. The summed E-state index contributed by atoms with van der Waals surface area (Å²) in [6.45, 7) is 8.76. The third-order valence-corrected chi connectivity index (χ3v) is 5.04. The molecule has 0 radical (unpaired) electrons. The lowest BCUT2D eigenvalue weighted by Crippen LogP contribution is -2.40. The highest BCUT2D eigenvalue weighted by Gasteiger charge is 2.27. The Hall–Kier alpha value is -0.900. The van der Waals surface area contributed by atoms with Gasteiger partial charge in [0.15, 0.2) is 0 Å². The predicted octanol–water partition coefficient (Wildman–Crippen LogP) is 3.43. The maximum Gasteiger partial charge on any atom is 0.138 e. The van der Waals surface area contributed by atoms with Crippen molar-refractivity contribution >= 4 is 0 Å². The van der Waals surface area contributed by atoms with E-state index in [4.69, 9.17) is 0 Å². The van der Waals surface area contributed by atoms with Crippen LogP contribution in [0.4, 0.5) is 0 Å². The van der Waals surface area contributed by atoms with Gasteiger partial charge in [0.05, 0.1) is 0 Å². The number of rotatable bonds is 8. The molecule has 4 nitrogen and oxygen atoms in total. The molecule has 1 atom stereocenters. The molecular formula is C17H32N4. The Kier molecular flexibility index (Phi) is 6.68. The Balaban J connectivity index is 1.97. The van der Waals surface area contributed by atoms with Crippen LogP contribution in [0.15, 0.2) is 6.33 Å². The van der Waals surface area contributed by atoms with E-state index in [2.05, 4.69) is 40.9 Å². The summed E-state index contributed by atoms with van der Waals surface area (Å²) in [6.07, 6.45) is 10.8. The Morgan fingerprint density at radius 2 is 2.00 bits per heavy atom. The normalized spacial score (nSPS) is 24.1. The molecule has 0 aliphatic heterocycles. The summed E-state index contributed by atoms with van der Waals surface area (Å²) in [4.78, 5) is 4.49.